The van der Waals surface area contributed by atoms with Gasteiger partial charge in [0.05, 0.1) is 17.0 Å². The van der Waals surface area contributed by atoms with E-state index in [1.165, 1.54) is 12.5 Å². The molecular formula is C33H45NO6. The fourth-order valence-corrected chi connectivity index (χ4v) is 10.9. The molecule has 0 saturated heterocycles. The summed E-state index contributed by atoms with van der Waals surface area (Å²) in [4.78, 5) is 39.3. The molecule has 7 nitrogen and oxygen atoms in total. The first kappa shape index (κ1) is 27.7. The molecule has 1 aromatic rings. The highest BCUT2D eigenvalue weighted by atomic mass is 16.5. The van der Waals surface area contributed by atoms with Gasteiger partial charge in [0.1, 0.15) is 12.4 Å². The zero-order chi connectivity index (χ0) is 29.1. The maximum absolute atomic E-state index is 14.5. The van der Waals surface area contributed by atoms with Gasteiger partial charge in [-0.25, -0.2) is 0 Å². The van der Waals surface area contributed by atoms with Gasteiger partial charge in [-0.1, -0.05) is 45.3 Å². The Morgan fingerprint density at radius 2 is 1.77 bits per heavy atom. The third-order valence-electron chi connectivity index (χ3n) is 13.2. The Morgan fingerprint density at radius 3 is 2.45 bits per heavy atom. The van der Waals surface area contributed by atoms with Gasteiger partial charge >= 0.3 is 11.9 Å². The minimum absolute atomic E-state index is 0.0171. The Kier molecular flexibility index (Phi) is 5.76. The molecule has 1 heterocycles. The summed E-state index contributed by atoms with van der Waals surface area (Å²) >= 11 is 0. The van der Waals surface area contributed by atoms with Gasteiger partial charge in [0.25, 0.3) is 0 Å². The summed E-state index contributed by atoms with van der Waals surface area (Å²) in [6, 6.07) is 0. The highest BCUT2D eigenvalue weighted by Gasteiger charge is 2.71. The predicted molar refractivity (Wildman–Crippen MR) is 148 cm³/mol. The molecule has 0 amide bonds. The first-order chi connectivity index (χ1) is 18.5. The van der Waals surface area contributed by atoms with Crippen LogP contribution in [-0.4, -0.2) is 34.6 Å². The van der Waals surface area contributed by atoms with Gasteiger partial charge in [0.15, 0.2) is 5.78 Å². The fourth-order valence-electron chi connectivity index (χ4n) is 10.9. The van der Waals surface area contributed by atoms with Crippen molar-refractivity contribution >= 4 is 17.7 Å². The zero-order valence-corrected chi connectivity index (χ0v) is 25.2. The van der Waals surface area contributed by atoms with E-state index in [9.17, 15) is 19.5 Å². The number of aromatic nitrogens is 1. The molecule has 1 aromatic heterocycles. The SMILES string of the molecule is CC(=O)OC[C@]1(C)c2oncc2C[C@]2(C)C3=CC(=O)C4[C@@H]5CC(C)(C)CC[C@]5(C(=O)O)CC[C@@]4(C)[C@]3(C)CCC21. The molecule has 5 aliphatic rings. The Morgan fingerprint density at radius 1 is 1.07 bits per heavy atom. The summed E-state index contributed by atoms with van der Waals surface area (Å²) in [6.45, 7) is 15.2. The van der Waals surface area contributed by atoms with Gasteiger partial charge < -0.3 is 14.4 Å². The lowest BCUT2D eigenvalue weighted by Crippen LogP contribution is -2.66. The predicted octanol–water partition coefficient (Wildman–Crippen LogP) is 6.30. The number of fused-ring (bicyclic) bond motifs is 8. The van der Waals surface area contributed by atoms with Crippen molar-refractivity contribution in [2.24, 2.45) is 44.8 Å². The van der Waals surface area contributed by atoms with Crippen molar-refractivity contribution in [1.82, 2.24) is 5.16 Å². The normalized spacial score (nSPS) is 45.1. The number of allylic oxidation sites excluding steroid dienone is 2. The van der Waals surface area contributed by atoms with Gasteiger partial charge in [0.2, 0.25) is 0 Å². The summed E-state index contributed by atoms with van der Waals surface area (Å²) in [7, 11) is 0. The number of ether oxygens (including phenoxy) is 1. The number of hydrogen-bond donors (Lipinski definition) is 1. The summed E-state index contributed by atoms with van der Waals surface area (Å²) < 4.78 is 11.5. The number of carbonyl (C=O) groups is 3. The third-order valence-corrected chi connectivity index (χ3v) is 13.2. The van der Waals surface area contributed by atoms with Crippen LogP contribution in [0.5, 0.6) is 0 Å². The molecule has 0 aliphatic heterocycles. The maximum atomic E-state index is 14.5. The molecule has 0 spiro atoms. The number of carbonyl (C=O) groups excluding carboxylic acids is 2. The molecule has 40 heavy (non-hydrogen) atoms. The topological polar surface area (TPSA) is 107 Å². The van der Waals surface area contributed by atoms with Crippen molar-refractivity contribution in [1.29, 1.82) is 0 Å². The third kappa shape index (κ3) is 3.35. The first-order valence-corrected chi connectivity index (χ1v) is 15.1. The summed E-state index contributed by atoms with van der Waals surface area (Å²) in [6.07, 6.45) is 9.93. The van der Waals surface area contributed by atoms with Crippen LogP contribution in [0.3, 0.4) is 0 Å². The van der Waals surface area contributed by atoms with E-state index in [1.807, 2.05) is 6.08 Å². The van der Waals surface area contributed by atoms with E-state index in [1.54, 1.807) is 6.20 Å². The van der Waals surface area contributed by atoms with Gasteiger partial charge in [-0.3, -0.25) is 14.4 Å². The summed E-state index contributed by atoms with van der Waals surface area (Å²) in [5.74, 6) is -0.493. The van der Waals surface area contributed by atoms with E-state index in [0.29, 0.717) is 12.8 Å². The Hall–Kier alpha value is -2.44. The quantitative estimate of drug-likeness (QED) is 0.440. The zero-order valence-electron chi connectivity index (χ0n) is 25.2. The van der Waals surface area contributed by atoms with E-state index in [-0.39, 0.29) is 57.8 Å². The second-order valence-corrected chi connectivity index (χ2v) is 15.7. The highest BCUT2D eigenvalue weighted by molar-refractivity contribution is 5.96. The van der Waals surface area contributed by atoms with Gasteiger partial charge in [0, 0.05) is 18.4 Å². The van der Waals surface area contributed by atoms with E-state index >= 15 is 0 Å². The molecular weight excluding hydrogens is 506 g/mol. The molecule has 8 atom stereocenters. The van der Waals surface area contributed by atoms with E-state index in [4.69, 9.17) is 9.26 Å². The Labute approximate surface area is 237 Å². The number of aliphatic carboxylic acids is 1. The lowest BCUT2D eigenvalue weighted by Gasteiger charge is -2.69. The fraction of sp³-hybridized carbons (Fsp3) is 0.758. The van der Waals surface area contributed by atoms with Crippen molar-refractivity contribution in [2.45, 2.75) is 105 Å². The maximum Gasteiger partial charge on any atom is 0.309 e. The number of nitrogens with zero attached hydrogens (tertiary/aromatic N) is 1. The molecule has 0 bridgehead atoms. The first-order valence-electron chi connectivity index (χ1n) is 15.1. The van der Waals surface area contributed by atoms with E-state index in [2.05, 4.69) is 46.7 Å². The monoisotopic (exact) mass is 551 g/mol. The van der Waals surface area contributed by atoms with Crippen molar-refractivity contribution in [3.05, 3.63) is 29.2 Å². The number of carboxylic acid groups (broad SMARTS) is 1. The molecule has 5 aliphatic carbocycles. The molecule has 1 N–H and O–H groups in total. The average molecular weight is 552 g/mol. The highest BCUT2D eigenvalue weighted by Crippen LogP contribution is 2.74. The van der Waals surface area contributed by atoms with Crippen molar-refractivity contribution < 1.29 is 28.8 Å². The molecule has 218 valence electrons. The molecule has 6 rings (SSSR count). The number of carboxylic acids is 1. The number of esters is 1. The molecule has 7 heteroatoms. The molecule has 0 radical (unpaired) electrons. The van der Waals surface area contributed by atoms with Gasteiger partial charge in [-0.2, -0.15) is 0 Å². The van der Waals surface area contributed by atoms with Crippen LogP contribution in [0.2, 0.25) is 0 Å². The van der Waals surface area contributed by atoms with Crippen LogP contribution in [0.15, 0.2) is 22.4 Å². The number of hydrogen-bond acceptors (Lipinski definition) is 6. The van der Waals surface area contributed by atoms with Crippen LogP contribution in [0.1, 0.15) is 105 Å². The molecule has 3 fully saturated rings. The van der Waals surface area contributed by atoms with Crippen LogP contribution < -0.4 is 0 Å². The standard InChI is InChI=1S/C33H45NO6/c1-19(35)39-18-30(5)23-8-9-31(6)24(29(23,4)15-20-17-34-40-26(20)30)14-22(36)25-21-16-28(2,3)10-12-33(21,27(37)38)13-11-32(25,31)7/h14,17,21,23,25H,8-13,15-16,18H2,1-7H3,(H,37,38)/t21-,23?,25?,29-,30-,31+,32+,33-/m0/s1. The van der Waals surface area contributed by atoms with E-state index in [0.717, 1.165) is 49.8 Å². The average Bonchev–Trinajstić information content (AvgIpc) is 3.32. The smallest absolute Gasteiger partial charge is 0.309 e. The van der Waals surface area contributed by atoms with Crippen LogP contribution in [-0.2, 0) is 31.0 Å². The summed E-state index contributed by atoms with van der Waals surface area (Å²) in [5.41, 5.74) is -0.0878. The number of rotatable bonds is 3. The summed E-state index contributed by atoms with van der Waals surface area (Å²) in [5, 5.41) is 14.7. The van der Waals surface area contributed by atoms with Gasteiger partial charge in [-0.05, 0) is 97.9 Å². The van der Waals surface area contributed by atoms with Crippen molar-refractivity contribution in [3.63, 3.8) is 0 Å². The van der Waals surface area contributed by atoms with Gasteiger partial charge in [-0.15, -0.1) is 0 Å². The lowest BCUT2D eigenvalue weighted by molar-refractivity contribution is -0.189. The Bertz CT molecular complexity index is 1330. The van der Waals surface area contributed by atoms with Crippen LogP contribution in [0.4, 0.5) is 0 Å². The van der Waals surface area contributed by atoms with Crippen LogP contribution in [0.25, 0.3) is 0 Å². The molecule has 2 unspecified atom stereocenters. The number of ketones is 1. The minimum Gasteiger partial charge on any atom is -0.481 e. The molecule has 3 saturated carbocycles. The van der Waals surface area contributed by atoms with Crippen LogP contribution in [0, 0.1) is 44.8 Å². The Balaban J connectivity index is 1.49. The minimum atomic E-state index is -0.817. The molecule has 0 aromatic carbocycles. The largest absolute Gasteiger partial charge is 0.481 e. The second kappa shape index (κ2) is 8.32. The van der Waals surface area contributed by atoms with Crippen molar-refractivity contribution in [3.8, 4) is 0 Å². The van der Waals surface area contributed by atoms with Crippen molar-refractivity contribution in [2.75, 3.05) is 6.61 Å². The van der Waals surface area contributed by atoms with Crippen LogP contribution >= 0.6 is 0 Å². The second-order valence-electron chi connectivity index (χ2n) is 15.7. The van der Waals surface area contributed by atoms with E-state index < -0.39 is 16.8 Å². The lowest BCUT2D eigenvalue weighted by atomic mass is 9.34.